The van der Waals surface area contributed by atoms with Crippen molar-refractivity contribution in [2.24, 2.45) is 0 Å². The van der Waals surface area contributed by atoms with Crippen molar-refractivity contribution >= 4 is 17.6 Å². The molecule has 15 heavy (non-hydrogen) atoms. The van der Waals surface area contributed by atoms with Crippen LogP contribution >= 0.6 is 11.6 Å². The van der Waals surface area contributed by atoms with Gasteiger partial charge in [0.1, 0.15) is 6.42 Å². The fourth-order valence-electron chi connectivity index (χ4n) is 1.22. The molecule has 0 saturated carbocycles. The second-order valence-electron chi connectivity index (χ2n) is 3.21. The predicted molar refractivity (Wildman–Crippen MR) is 52.3 cm³/mol. The lowest BCUT2D eigenvalue weighted by atomic mass is 10.0. The van der Waals surface area contributed by atoms with Gasteiger partial charge in [-0.3, -0.25) is 4.79 Å². The molecule has 1 aromatic carbocycles. The second-order valence-corrected chi connectivity index (χ2v) is 3.59. The van der Waals surface area contributed by atoms with E-state index in [2.05, 4.69) is 0 Å². The van der Waals surface area contributed by atoms with Gasteiger partial charge in [0.15, 0.2) is 0 Å². The highest BCUT2D eigenvalue weighted by atomic mass is 35.5. The van der Waals surface area contributed by atoms with E-state index in [1.807, 2.05) is 0 Å². The summed E-state index contributed by atoms with van der Waals surface area (Å²) in [5.74, 6) is -4.99. The summed E-state index contributed by atoms with van der Waals surface area (Å²) in [6, 6.07) is 4.15. The number of rotatable bonds is 3. The van der Waals surface area contributed by atoms with Crippen molar-refractivity contribution in [1.82, 2.24) is 0 Å². The maximum atomic E-state index is 13.4. The zero-order valence-corrected chi connectivity index (χ0v) is 8.68. The third-order valence-corrected chi connectivity index (χ3v) is 2.46. The first kappa shape index (κ1) is 11.9. The van der Waals surface area contributed by atoms with E-state index in [0.29, 0.717) is 5.56 Å². The summed E-state index contributed by atoms with van der Waals surface area (Å²) >= 11 is 5.69. The quantitative estimate of drug-likeness (QED) is 0.872. The molecule has 0 unspecified atom stereocenters. The van der Waals surface area contributed by atoms with Gasteiger partial charge < -0.3 is 5.11 Å². The number of alkyl halides is 2. The van der Waals surface area contributed by atoms with Crippen LogP contribution in [0.4, 0.5) is 8.78 Å². The molecular weight excluding hydrogens is 226 g/mol. The number of carbonyl (C=O) groups is 1. The van der Waals surface area contributed by atoms with Gasteiger partial charge in [0.25, 0.3) is 5.92 Å². The van der Waals surface area contributed by atoms with Crippen LogP contribution < -0.4 is 0 Å². The Morgan fingerprint density at radius 2 is 2.13 bits per heavy atom. The first-order valence-corrected chi connectivity index (χ1v) is 4.57. The maximum Gasteiger partial charge on any atom is 0.309 e. The number of hydrogen-bond acceptors (Lipinski definition) is 1. The number of carboxylic acid groups (broad SMARTS) is 1. The van der Waals surface area contributed by atoms with Crippen molar-refractivity contribution in [3.63, 3.8) is 0 Å². The largest absolute Gasteiger partial charge is 0.481 e. The molecule has 5 heteroatoms. The van der Waals surface area contributed by atoms with E-state index in [-0.39, 0.29) is 5.02 Å². The summed E-state index contributed by atoms with van der Waals surface area (Å²) in [6.07, 6.45) is -1.25. The minimum absolute atomic E-state index is 0.0799. The molecule has 1 rings (SSSR count). The first-order valence-electron chi connectivity index (χ1n) is 4.20. The molecule has 0 aliphatic rings. The Labute approximate surface area is 90.5 Å². The van der Waals surface area contributed by atoms with Crippen LogP contribution in [0.1, 0.15) is 17.5 Å². The minimum Gasteiger partial charge on any atom is -0.481 e. The van der Waals surface area contributed by atoms with Crippen LogP contribution in [0.25, 0.3) is 0 Å². The van der Waals surface area contributed by atoms with Crippen LogP contribution in [0.15, 0.2) is 18.2 Å². The van der Waals surface area contributed by atoms with Gasteiger partial charge >= 0.3 is 5.97 Å². The van der Waals surface area contributed by atoms with E-state index in [1.54, 1.807) is 13.0 Å². The van der Waals surface area contributed by atoms with E-state index in [1.165, 1.54) is 6.07 Å². The number of carboxylic acids is 1. The SMILES string of the molecule is Cc1cccc(C(F)(F)CC(=O)O)c1Cl. The van der Waals surface area contributed by atoms with E-state index >= 15 is 0 Å². The van der Waals surface area contributed by atoms with Gasteiger partial charge in [0.2, 0.25) is 0 Å². The van der Waals surface area contributed by atoms with E-state index < -0.39 is 23.9 Å². The molecule has 0 amide bonds. The van der Waals surface area contributed by atoms with E-state index in [9.17, 15) is 13.6 Å². The highest BCUT2D eigenvalue weighted by molar-refractivity contribution is 6.32. The van der Waals surface area contributed by atoms with Crippen LogP contribution in [0.5, 0.6) is 0 Å². The molecule has 1 N–H and O–H groups in total. The third-order valence-electron chi connectivity index (χ3n) is 1.96. The highest BCUT2D eigenvalue weighted by Crippen LogP contribution is 2.37. The topological polar surface area (TPSA) is 37.3 Å². The molecule has 0 atom stereocenters. The molecule has 0 aliphatic heterocycles. The van der Waals surface area contributed by atoms with Gasteiger partial charge in [-0.15, -0.1) is 0 Å². The van der Waals surface area contributed by atoms with Gasteiger partial charge in [-0.2, -0.15) is 0 Å². The summed E-state index contributed by atoms with van der Waals surface area (Å²) in [5.41, 5.74) is 0.0609. The van der Waals surface area contributed by atoms with E-state index in [0.717, 1.165) is 6.07 Å². The smallest absolute Gasteiger partial charge is 0.309 e. The lowest BCUT2D eigenvalue weighted by Crippen LogP contribution is -2.19. The molecule has 0 bridgehead atoms. The lowest BCUT2D eigenvalue weighted by molar-refractivity contribution is -0.145. The monoisotopic (exact) mass is 234 g/mol. The van der Waals surface area contributed by atoms with Gasteiger partial charge in [-0.1, -0.05) is 29.8 Å². The van der Waals surface area contributed by atoms with Crippen molar-refractivity contribution < 1.29 is 18.7 Å². The Kier molecular flexibility index (Phi) is 3.29. The van der Waals surface area contributed by atoms with E-state index in [4.69, 9.17) is 16.7 Å². The molecule has 0 aliphatic carbocycles. The first-order chi connectivity index (χ1) is 6.84. The summed E-state index contributed by atoms with van der Waals surface area (Å²) < 4.78 is 26.8. The average Bonchev–Trinajstić information content (AvgIpc) is 2.07. The number of halogens is 3. The zero-order valence-electron chi connectivity index (χ0n) is 7.93. The average molecular weight is 235 g/mol. The van der Waals surface area contributed by atoms with Crippen LogP contribution in [0.3, 0.4) is 0 Å². The molecule has 0 fully saturated rings. The van der Waals surface area contributed by atoms with Crippen LogP contribution in [-0.4, -0.2) is 11.1 Å². The van der Waals surface area contributed by atoms with Gasteiger partial charge in [0, 0.05) is 5.56 Å². The molecule has 0 spiro atoms. The molecule has 0 saturated heterocycles. The Balaban J connectivity index is 3.14. The fraction of sp³-hybridized carbons (Fsp3) is 0.300. The number of benzene rings is 1. The predicted octanol–water partition coefficient (Wildman–Crippen LogP) is 3.21. The molecule has 1 aromatic rings. The normalized spacial score (nSPS) is 11.5. The molecule has 0 aromatic heterocycles. The minimum atomic E-state index is -3.44. The third kappa shape index (κ3) is 2.65. The zero-order chi connectivity index (χ0) is 11.6. The van der Waals surface area contributed by atoms with Gasteiger partial charge in [-0.05, 0) is 12.5 Å². The number of aliphatic carboxylic acids is 1. The molecular formula is C10H9ClF2O2. The standard InChI is InChI=1S/C10H9ClF2O2/c1-6-3-2-4-7(9(6)11)10(12,13)5-8(14)15/h2-4H,5H2,1H3,(H,14,15). The van der Waals surface area contributed by atoms with Crippen molar-refractivity contribution in [3.05, 3.63) is 34.3 Å². The Bertz CT molecular complexity index is 391. The highest BCUT2D eigenvalue weighted by Gasteiger charge is 2.36. The lowest BCUT2D eigenvalue weighted by Gasteiger charge is -2.16. The van der Waals surface area contributed by atoms with Gasteiger partial charge in [0.05, 0.1) is 5.02 Å². The maximum absolute atomic E-state index is 13.4. The molecule has 0 radical (unpaired) electrons. The van der Waals surface area contributed by atoms with Gasteiger partial charge in [-0.25, -0.2) is 8.78 Å². The van der Waals surface area contributed by atoms with Crippen molar-refractivity contribution in [2.75, 3.05) is 0 Å². The fourth-order valence-corrected chi connectivity index (χ4v) is 1.48. The van der Waals surface area contributed by atoms with Crippen molar-refractivity contribution in [2.45, 2.75) is 19.3 Å². The van der Waals surface area contributed by atoms with Crippen LogP contribution in [0, 0.1) is 6.92 Å². The Morgan fingerprint density at radius 1 is 1.53 bits per heavy atom. The molecule has 0 heterocycles. The second kappa shape index (κ2) is 4.14. The molecule has 2 nitrogen and oxygen atoms in total. The van der Waals surface area contributed by atoms with Crippen molar-refractivity contribution in [3.8, 4) is 0 Å². The Morgan fingerprint density at radius 3 is 2.67 bits per heavy atom. The Hall–Kier alpha value is -1.16. The summed E-state index contributed by atoms with van der Waals surface area (Å²) in [7, 11) is 0. The van der Waals surface area contributed by atoms with Crippen LogP contribution in [-0.2, 0) is 10.7 Å². The van der Waals surface area contributed by atoms with Crippen molar-refractivity contribution in [1.29, 1.82) is 0 Å². The van der Waals surface area contributed by atoms with Crippen LogP contribution in [0.2, 0.25) is 5.02 Å². The number of aryl methyl sites for hydroxylation is 1. The molecule has 82 valence electrons. The number of hydrogen-bond donors (Lipinski definition) is 1. The summed E-state index contributed by atoms with van der Waals surface area (Å²) in [4.78, 5) is 10.3. The summed E-state index contributed by atoms with van der Waals surface area (Å²) in [6.45, 7) is 1.59. The summed E-state index contributed by atoms with van der Waals surface area (Å²) in [5, 5.41) is 8.27.